The summed E-state index contributed by atoms with van der Waals surface area (Å²) >= 11 is 0. The van der Waals surface area contributed by atoms with E-state index < -0.39 is 5.60 Å². The average molecular weight is 318 g/mol. The maximum Gasteiger partial charge on any atom is 0.169 e. The summed E-state index contributed by atoms with van der Waals surface area (Å²) in [6.45, 7) is 7.25. The normalized spacial score (nSPS) is 20.4. The first kappa shape index (κ1) is 17.5. The van der Waals surface area contributed by atoms with Gasteiger partial charge in [0, 0.05) is 18.1 Å². The third-order valence-electron chi connectivity index (χ3n) is 3.73. The smallest absolute Gasteiger partial charge is 0.169 e. The van der Waals surface area contributed by atoms with E-state index >= 15 is 0 Å². The Hall–Kier alpha value is -1.88. The second kappa shape index (κ2) is 6.71. The van der Waals surface area contributed by atoms with Crippen molar-refractivity contribution in [2.24, 2.45) is 11.8 Å². The fourth-order valence-electron chi connectivity index (χ4n) is 2.30. The van der Waals surface area contributed by atoms with Crippen LogP contribution in [-0.4, -0.2) is 29.3 Å². The molecule has 0 amide bonds. The molecule has 1 aliphatic carbocycles. The molecule has 0 bridgehead atoms. The first-order chi connectivity index (χ1) is 10.7. The van der Waals surface area contributed by atoms with E-state index in [1.54, 1.807) is 19.9 Å². The van der Waals surface area contributed by atoms with Crippen molar-refractivity contribution < 1.29 is 14.6 Å². The number of ether oxygens (including phenoxy) is 1. The van der Waals surface area contributed by atoms with E-state index in [1.807, 2.05) is 19.9 Å². The second-order valence-corrected chi connectivity index (χ2v) is 7.10. The fraction of sp³-hybridized carbons (Fsp3) is 0.556. The molecule has 1 saturated carbocycles. The van der Waals surface area contributed by atoms with E-state index in [0.29, 0.717) is 22.9 Å². The quantitative estimate of drug-likeness (QED) is 0.498. The highest BCUT2D eigenvalue weighted by Crippen LogP contribution is 2.39. The minimum atomic E-state index is -0.903. The van der Waals surface area contributed by atoms with Crippen molar-refractivity contribution in [3.63, 3.8) is 0 Å². The Morgan fingerprint density at radius 3 is 2.61 bits per heavy atom. The number of nitrogens with one attached hydrogen (secondary N) is 2. The Balaban J connectivity index is 2.26. The molecule has 1 heterocycles. The number of rotatable bonds is 7. The van der Waals surface area contributed by atoms with Crippen LogP contribution in [0.15, 0.2) is 34.9 Å². The first-order valence-corrected chi connectivity index (χ1v) is 8.06. The SMILES string of the molecule is CC(C)C(=O)/C(C=N)=C1\C=CC(OCC(C)(C)O)=C(C2CC2)N1. The summed E-state index contributed by atoms with van der Waals surface area (Å²) < 4.78 is 5.75. The summed E-state index contributed by atoms with van der Waals surface area (Å²) in [4.78, 5) is 12.2. The van der Waals surface area contributed by atoms with Crippen LogP contribution in [0.5, 0.6) is 0 Å². The van der Waals surface area contributed by atoms with Crippen LogP contribution in [0, 0.1) is 17.2 Å². The molecule has 2 rings (SSSR count). The molecule has 0 aromatic carbocycles. The minimum absolute atomic E-state index is 0.0526. The van der Waals surface area contributed by atoms with E-state index in [4.69, 9.17) is 10.1 Å². The summed E-state index contributed by atoms with van der Waals surface area (Å²) in [5.74, 6) is 0.895. The molecule has 126 valence electrons. The lowest BCUT2D eigenvalue weighted by Gasteiger charge is -2.24. The van der Waals surface area contributed by atoms with Crippen LogP contribution >= 0.6 is 0 Å². The van der Waals surface area contributed by atoms with Gasteiger partial charge >= 0.3 is 0 Å². The number of Topliss-reactive ketones (excluding diaryl/α,β-unsaturated/α-hetero) is 1. The van der Waals surface area contributed by atoms with E-state index in [2.05, 4.69) is 5.32 Å². The van der Waals surface area contributed by atoms with Gasteiger partial charge in [0.2, 0.25) is 0 Å². The number of ketones is 1. The zero-order valence-corrected chi connectivity index (χ0v) is 14.3. The number of carbonyl (C=O) groups excluding carboxylic acids is 1. The molecule has 0 aromatic rings. The molecular weight excluding hydrogens is 292 g/mol. The van der Waals surface area contributed by atoms with Gasteiger partial charge < -0.3 is 20.6 Å². The van der Waals surface area contributed by atoms with Crippen molar-refractivity contribution in [1.82, 2.24) is 5.32 Å². The second-order valence-electron chi connectivity index (χ2n) is 7.10. The number of hydrogen-bond donors (Lipinski definition) is 3. The van der Waals surface area contributed by atoms with E-state index in [1.165, 1.54) is 0 Å². The summed E-state index contributed by atoms with van der Waals surface area (Å²) in [7, 11) is 0. The number of aliphatic hydroxyl groups is 1. The predicted octanol–water partition coefficient (Wildman–Crippen LogP) is 2.68. The topological polar surface area (TPSA) is 82.4 Å². The summed E-state index contributed by atoms with van der Waals surface area (Å²) in [6.07, 6.45) is 6.87. The van der Waals surface area contributed by atoms with Crippen LogP contribution in [0.2, 0.25) is 0 Å². The Kier molecular flexibility index (Phi) is 5.09. The number of allylic oxidation sites excluding steroid dienone is 4. The molecule has 1 aliphatic heterocycles. The van der Waals surface area contributed by atoms with Crippen molar-refractivity contribution in [1.29, 1.82) is 5.41 Å². The van der Waals surface area contributed by atoms with Gasteiger partial charge in [-0.1, -0.05) is 13.8 Å². The van der Waals surface area contributed by atoms with Crippen LogP contribution in [0.4, 0.5) is 0 Å². The van der Waals surface area contributed by atoms with Crippen molar-refractivity contribution in [2.45, 2.75) is 46.1 Å². The third-order valence-corrected chi connectivity index (χ3v) is 3.73. The van der Waals surface area contributed by atoms with Crippen LogP contribution in [0.1, 0.15) is 40.5 Å². The van der Waals surface area contributed by atoms with Crippen molar-refractivity contribution in [2.75, 3.05) is 6.61 Å². The molecule has 5 nitrogen and oxygen atoms in total. The van der Waals surface area contributed by atoms with E-state index in [-0.39, 0.29) is 18.3 Å². The fourth-order valence-corrected chi connectivity index (χ4v) is 2.30. The molecule has 0 saturated heterocycles. The van der Waals surface area contributed by atoms with Crippen LogP contribution < -0.4 is 5.32 Å². The Morgan fingerprint density at radius 1 is 1.48 bits per heavy atom. The lowest BCUT2D eigenvalue weighted by Crippen LogP contribution is -2.28. The Bertz CT molecular complexity index is 588. The lowest BCUT2D eigenvalue weighted by molar-refractivity contribution is -0.117. The highest BCUT2D eigenvalue weighted by atomic mass is 16.5. The van der Waals surface area contributed by atoms with Gasteiger partial charge in [0.05, 0.1) is 22.6 Å². The highest BCUT2D eigenvalue weighted by Gasteiger charge is 2.32. The van der Waals surface area contributed by atoms with Gasteiger partial charge in [0.1, 0.15) is 12.4 Å². The largest absolute Gasteiger partial charge is 0.489 e. The number of hydrogen-bond acceptors (Lipinski definition) is 5. The molecule has 2 aliphatic rings. The Labute approximate surface area is 137 Å². The maximum absolute atomic E-state index is 12.2. The van der Waals surface area contributed by atoms with Crippen LogP contribution in [0.3, 0.4) is 0 Å². The van der Waals surface area contributed by atoms with Crippen molar-refractivity contribution in [3.05, 3.63) is 34.9 Å². The molecule has 3 N–H and O–H groups in total. The van der Waals surface area contributed by atoms with Crippen molar-refractivity contribution >= 4 is 12.0 Å². The summed E-state index contributed by atoms with van der Waals surface area (Å²) in [6, 6.07) is 0. The molecule has 0 atom stereocenters. The van der Waals surface area contributed by atoms with Gasteiger partial charge in [-0.05, 0) is 38.8 Å². The lowest BCUT2D eigenvalue weighted by atomic mass is 9.98. The van der Waals surface area contributed by atoms with Crippen molar-refractivity contribution in [3.8, 4) is 0 Å². The standard InChI is InChI=1S/C18H26N2O3/c1-11(2)17(21)13(9-19)14-7-8-15(23-10-18(3,4)22)16(20-14)12-5-6-12/h7-9,11-12,19-20,22H,5-6,10H2,1-4H3/b14-13+,19-9?. The van der Waals surface area contributed by atoms with Gasteiger partial charge in [0.25, 0.3) is 0 Å². The maximum atomic E-state index is 12.2. The number of carbonyl (C=O) groups is 1. The van der Waals surface area contributed by atoms with Gasteiger partial charge in [-0.2, -0.15) is 0 Å². The molecule has 5 heteroatoms. The van der Waals surface area contributed by atoms with E-state index in [9.17, 15) is 9.90 Å². The highest BCUT2D eigenvalue weighted by molar-refractivity contribution is 6.14. The third kappa shape index (κ3) is 4.55. The van der Waals surface area contributed by atoms with Crippen LogP contribution in [-0.2, 0) is 9.53 Å². The Morgan fingerprint density at radius 2 is 2.13 bits per heavy atom. The van der Waals surface area contributed by atoms with Gasteiger partial charge in [-0.25, -0.2) is 0 Å². The monoisotopic (exact) mass is 318 g/mol. The molecule has 23 heavy (non-hydrogen) atoms. The molecule has 0 aromatic heterocycles. The van der Waals surface area contributed by atoms with Gasteiger partial charge in [-0.3, -0.25) is 4.79 Å². The van der Waals surface area contributed by atoms with Gasteiger partial charge in [-0.15, -0.1) is 0 Å². The average Bonchev–Trinajstić information content (AvgIpc) is 3.30. The zero-order chi connectivity index (χ0) is 17.2. The zero-order valence-electron chi connectivity index (χ0n) is 14.3. The van der Waals surface area contributed by atoms with Crippen LogP contribution in [0.25, 0.3) is 0 Å². The molecular formula is C18H26N2O3. The number of dihydropyridines is 1. The van der Waals surface area contributed by atoms with E-state index in [0.717, 1.165) is 24.8 Å². The summed E-state index contributed by atoms with van der Waals surface area (Å²) in [5, 5.41) is 20.7. The predicted molar refractivity (Wildman–Crippen MR) is 89.9 cm³/mol. The molecule has 0 radical (unpaired) electrons. The molecule has 0 unspecified atom stereocenters. The summed E-state index contributed by atoms with van der Waals surface area (Å²) in [5.41, 5.74) is 1.08. The minimum Gasteiger partial charge on any atom is -0.489 e. The molecule has 1 fully saturated rings. The molecule has 0 spiro atoms. The van der Waals surface area contributed by atoms with Gasteiger partial charge in [0.15, 0.2) is 5.78 Å². The first-order valence-electron chi connectivity index (χ1n) is 8.06.